The van der Waals surface area contributed by atoms with Crippen LogP contribution >= 0.6 is 43.2 Å². The topological polar surface area (TPSA) is 35.0 Å². The summed E-state index contributed by atoms with van der Waals surface area (Å²) in [6.45, 7) is 5.31. The summed E-state index contributed by atoms with van der Waals surface area (Å²) in [4.78, 5) is 10.3. The fourth-order valence-corrected chi connectivity index (χ4v) is 9.21. The molecular formula is C42H58Br2N2OS. The first-order chi connectivity index (χ1) is 23.6. The molecule has 0 aliphatic carbocycles. The molecule has 0 fully saturated rings. The van der Waals surface area contributed by atoms with E-state index >= 15 is 0 Å². The maximum absolute atomic E-state index is 6.13. The number of thiophene rings is 1. The predicted octanol–water partition coefficient (Wildman–Crippen LogP) is 15.3. The van der Waals surface area contributed by atoms with Gasteiger partial charge in [-0.05, 0) is 81.0 Å². The summed E-state index contributed by atoms with van der Waals surface area (Å²) in [5, 5.41) is 0. The van der Waals surface area contributed by atoms with Gasteiger partial charge in [0.05, 0.1) is 25.6 Å². The molecule has 0 atom stereocenters. The number of rotatable bonds is 25. The average Bonchev–Trinajstić information content (AvgIpc) is 3.39. The highest BCUT2D eigenvalue weighted by molar-refractivity contribution is 9.12. The maximum Gasteiger partial charge on any atom is 0.119 e. The van der Waals surface area contributed by atoms with Crippen molar-refractivity contribution >= 4 is 54.2 Å². The van der Waals surface area contributed by atoms with E-state index in [9.17, 15) is 0 Å². The predicted molar refractivity (Wildman–Crippen MR) is 217 cm³/mol. The number of nitrogens with zero attached hydrogens (tertiary/aromatic N) is 2. The van der Waals surface area contributed by atoms with E-state index in [1.807, 2.05) is 0 Å². The van der Waals surface area contributed by atoms with E-state index in [-0.39, 0.29) is 0 Å². The molecule has 4 rings (SSSR count). The minimum atomic E-state index is 0.773. The first kappa shape index (κ1) is 39.0. The summed E-state index contributed by atoms with van der Waals surface area (Å²) in [6, 6.07) is 17.2. The maximum atomic E-state index is 6.13. The molecule has 0 bridgehead atoms. The zero-order valence-electron chi connectivity index (χ0n) is 29.6. The molecule has 3 nitrogen and oxygen atoms in total. The zero-order valence-corrected chi connectivity index (χ0v) is 33.6. The normalized spacial score (nSPS) is 11.5. The second-order valence-electron chi connectivity index (χ2n) is 13.5. The third-order valence-corrected chi connectivity index (χ3v) is 11.9. The number of aromatic nitrogens is 2. The summed E-state index contributed by atoms with van der Waals surface area (Å²) < 4.78 is 8.11. The number of unbranched alkanes of at least 4 members (excludes halogenated alkanes) is 18. The van der Waals surface area contributed by atoms with Gasteiger partial charge in [-0.2, -0.15) is 0 Å². The number of hydrogen-bond acceptors (Lipinski definition) is 4. The Bertz CT molecular complexity index is 1450. The molecule has 2 aromatic carbocycles. The zero-order chi connectivity index (χ0) is 33.8. The van der Waals surface area contributed by atoms with Crippen LogP contribution in [0.1, 0.15) is 148 Å². The van der Waals surface area contributed by atoms with E-state index in [0.717, 1.165) is 66.3 Å². The van der Waals surface area contributed by atoms with Gasteiger partial charge in [-0.3, -0.25) is 0 Å². The van der Waals surface area contributed by atoms with Crippen LogP contribution in [0, 0.1) is 0 Å². The van der Waals surface area contributed by atoms with E-state index in [0.29, 0.717) is 0 Å². The van der Waals surface area contributed by atoms with Gasteiger partial charge in [0.25, 0.3) is 0 Å². The van der Waals surface area contributed by atoms with Crippen molar-refractivity contribution in [1.29, 1.82) is 0 Å². The van der Waals surface area contributed by atoms with Gasteiger partial charge < -0.3 is 4.74 Å². The molecule has 2 aromatic heterocycles. The summed E-state index contributed by atoms with van der Waals surface area (Å²) in [5.41, 5.74) is 7.08. The van der Waals surface area contributed by atoms with Crippen LogP contribution < -0.4 is 4.74 Å². The van der Waals surface area contributed by atoms with Gasteiger partial charge in [-0.25, -0.2) is 9.97 Å². The number of aryl methyl sites for hydroxylation is 1. The monoisotopic (exact) mass is 796 g/mol. The van der Waals surface area contributed by atoms with Gasteiger partial charge in [0.15, 0.2) is 0 Å². The summed E-state index contributed by atoms with van der Waals surface area (Å²) >= 11 is 9.01. The Morgan fingerprint density at radius 3 is 1.33 bits per heavy atom. The minimum absolute atomic E-state index is 0.773. The Kier molecular flexibility index (Phi) is 18.6. The van der Waals surface area contributed by atoms with Crippen LogP contribution in [-0.2, 0) is 6.42 Å². The quantitative estimate of drug-likeness (QED) is 0.0627. The van der Waals surface area contributed by atoms with Crippen LogP contribution in [0.3, 0.4) is 0 Å². The lowest BCUT2D eigenvalue weighted by Crippen LogP contribution is -1.98. The van der Waals surface area contributed by atoms with Crippen LogP contribution in [0.25, 0.3) is 33.5 Å². The van der Waals surface area contributed by atoms with E-state index < -0.39 is 0 Å². The second kappa shape index (κ2) is 22.9. The molecule has 4 aromatic rings. The number of halogens is 2. The lowest BCUT2D eigenvalue weighted by molar-refractivity contribution is 0.304. The van der Waals surface area contributed by atoms with Gasteiger partial charge in [0.2, 0.25) is 0 Å². The highest BCUT2D eigenvalue weighted by Gasteiger charge is 2.18. The van der Waals surface area contributed by atoms with Crippen molar-refractivity contribution in [3.63, 3.8) is 0 Å². The number of ether oxygens (including phenoxy) is 1. The lowest BCUT2D eigenvalue weighted by atomic mass is 10.0. The van der Waals surface area contributed by atoms with Gasteiger partial charge in [-0.15, -0.1) is 11.3 Å². The van der Waals surface area contributed by atoms with Crippen molar-refractivity contribution in [3.05, 3.63) is 61.7 Å². The van der Waals surface area contributed by atoms with Gasteiger partial charge >= 0.3 is 0 Å². The van der Waals surface area contributed by atoms with Crippen molar-refractivity contribution < 1.29 is 4.74 Å². The van der Waals surface area contributed by atoms with E-state index in [1.54, 1.807) is 11.3 Å². The number of benzene rings is 2. The highest BCUT2D eigenvalue weighted by Crippen LogP contribution is 2.41. The lowest BCUT2D eigenvalue weighted by Gasteiger charge is -2.12. The number of fused-ring (bicyclic) bond motifs is 1. The van der Waals surface area contributed by atoms with Crippen LogP contribution in [0.5, 0.6) is 5.75 Å². The van der Waals surface area contributed by atoms with Crippen molar-refractivity contribution in [2.75, 3.05) is 6.61 Å². The van der Waals surface area contributed by atoms with Crippen LogP contribution in [0.2, 0.25) is 0 Å². The van der Waals surface area contributed by atoms with Crippen molar-refractivity contribution in [3.8, 4) is 28.3 Å². The summed E-state index contributed by atoms with van der Waals surface area (Å²) in [6.07, 6.45) is 28.6. The Hall–Kier alpha value is -1.76. The van der Waals surface area contributed by atoms with Crippen LogP contribution in [0.4, 0.5) is 0 Å². The first-order valence-electron chi connectivity index (χ1n) is 19.1. The van der Waals surface area contributed by atoms with E-state index in [4.69, 9.17) is 14.7 Å². The Labute approximate surface area is 312 Å². The third kappa shape index (κ3) is 13.2. The smallest absolute Gasteiger partial charge is 0.119 e. The first-order valence-corrected chi connectivity index (χ1v) is 21.5. The Balaban J connectivity index is 1.14. The standard InChI is InChI=1S/C42H58Br2N2OS/c1-3-5-7-8-9-10-11-12-13-14-15-16-17-18-19-20-21-22-32-47-36-30-28-35(29-31-36)38-37(34-26-24-33(25-27-34)23-6-4-2)45-39-40(46-38)42(44)48-41(39)43/h24-31H,3-23,32H2,1-2H3. The molecule has 0 radical (unpaired) electrons. The molecule has 48 heavy (non-hydrogen) atoms. The fraction of sp³-hybridized carbons (Fsp3) is 0.571. The SMILES string of the molecule is CCCCCCCCCCCCCCCCCCCCOc1ccc(-c2nc3c(Br)sc(Br)c3nc2-c2ccc(CCCC)cc2)cc1. The molecule has 0 unspecified atom stereocenters. The molecule has 0 aliphatic rings. The molecule has 0 saturated carbocycles. The molecular weight excluding hydrogens is 740 g/mol. The van der Waals surface area contributed by atoms with Crippen molar-refractivity contribution in [1.82, 2.24) is 9.97 Å². The van der Waals surface area contributed by atoms with Gasteiger partial charge in [-0.1, -0.05) is 154 Å². The molecule has 2 heterocycles. The fourth-order valence-electron chi connectivity index (χ4n) is 6.40. The van der Waals surface area contributed by atoms with Crippen molar-refractivity contribution in [2.45, 2.75) is 149 Å². The average molecular weight is 799 g/mol. The van der Waals surface area contributed by atoms with E-state index in [2.05, 4.69) is 94.2 Å². The van der Waals surface area contributed by atoms with Gasteiger partial charge in [0, 0.05) is 11.1 Å². The Morgan fingerprint density at radius 1 is 0.500 bits per heavy atom. The third-order valence-electron chi connectivity index (χ3n) is 9.39. The molecule has 0 amide bonds. The summed E-state index contributed by atoms with van der Waals surface area (Å²) in [7, 11) is 0. The van der Waals surface area contributed by atoms with Crippen molar-refractivity contribution in [2.24, 2.45) is 0 Å². The molecule has 0 aliphatic heterocycles. The summed E-state index contributed by atoms with van der Waals surface area (Å²) in [5.74, 6) is 0.918. The molecule has 0 N–H and O–H groups in total. The Morgan fingerprint density at radius 2 is 0.896 bits per heavy atom. The molecule has 0 saturated heterocycles. The molecule has 6 heteroatoms. The second-order valence-corrected chi connectivity index (χ2v) is 17.1. The largest absolute Gasteiger partial charge is 0.494 e. The highest BCUT2D eigenvalue weighted by atomic mass is 79.9. The van der Waals surface area contributed by atoms with Gasteiger partial charge in [0.1, 0.15) is 16.8 Å². The molecule has 0 spiro atoms. The van der Waals surface area contributed by atoms with Crippen LogP contribution in [-0.4, -0.2) is 16.6 Å². The van der Waals surface area contributed by atoms with E-state index in [1.165, 1.54) is 128 Å². The number of hydrogen-bond donors (Lipinski definition) is 0. The molecule has 262 valence electrons. The van der Waals surface area contributed by atoms with Crippen LogP contribution in [0.15, 0.2) is 56.1 Å². The minimum Gasteiger partial charge on any atom is -0.494 e.